The second-order valence-electron chi connectivity index (χ2n) is 9.30. The molecule has 0 radical (unpaired) electrons. The molecule has 10 heteroatoms. The Morgan fingerprint density at radius 2 is 1.61 bits per heavy atom. The summed E-state index contributed by atoms with van der Waals surface area (Å²) >= 11 is 0. The van der Waals surface area contributed by atoms with Crippen LogP contribution in [0.1, 0.15) is 37.5 Å². The van der Waals surface area contributed by atoms with Gasteiger partial charge in [0.2, 0.25) is 11.8 Å². The van der Waals surface area contributed by atoms with Crippen molar-refractivity contribution >= 4 is 27.7 Å². The van der Waals surface area contributed by atoms with Crippen molar-refractivity contribution < 1.29 is 22.7 Å². The van der Waals surface area contributed by atoms with Crippen molar-refractivity contribution in [3.8, 4) is 5.75 Å². The molecule has 0 bridgehead atoms. The van der Waals surface area contributed by atoms with E-state index in [0.717, 1.165) is 19.7 Å². The minimum absolute atomic E-state index is 0.113. The predicted octanol–water partition coefficient (Wildman–Crippen LogP) is 2.87. The van der Waals surface area contributed by atoms with E-state index in [1.807, 2.05) is 45.0 Å². The molecule has 0 saturated carbocycles. The number of amides is 2. The van der Waals surface area contributed by atoms with Crippen LogP contribution in [0.5, 0.6) is 5.75 Å². The average Bonchev–Trinajstić information content (AvgIpc) is 2.81. The van der Waals surface area contributed by atoms with Crippen LogP contribution >= 0.6 is 0 Å². The number of ether oxygens (including phenoxy) is 1. The SMILES string of the molecule is COc1ccc(CN(C(=O)CN(c2cc(C)ccc2C)S(=O)(=O)N(C)C)[C@@H](C)C(=O)NC(C)C)cc1. The Morgan fingerprint density at radius 3 is 2.14 bits per heavy atom. The smallest absolute Gasteiger partial charge is 0.304 e. The first kappa shape index (κ1) is 29.1. The molecule has 9 nitrogen and oxygen atoms in total. The van der Waals surface area contributed by atoms with Crippen molar-refractivity contribution in [1.29, 1.82) is 0 Å². The van der Waals surface area contributed by atoms with Gasteiger partial charge < -0.3 is 15.0 Å². The van der Waals surface area contributed by atoms with Crippen LogP contribution in [-0.4, -0.2) is 69.3 Å². The van der Waals surface area contributed by atoms with Gasteiger partial charge in [-0.2, -0.15) is 12.7 Å². The molecule has 36 heavy (non-hydrogen) atoms. The maximum Gasteiger partial charge on any atom is 0.304 e. The molecule has 0 fully saturated rings. The normalized spacial score (nSPS) is 12.4. The summed E-state index contributed by atoms with van der Waals surface area (Å²) in [5.41, 5.74) is 2.77. The molecular formula is C26H38N4O5S. The number of anilines is 1. The van der Waals surface area contributed by atoms with Gasteiger partial charge in [0.1, 0.15) is 18.3 Å². The third-order valence-electron chi connectivity index (χ3n) is 5.76. The fourth-order valence-electron chi connectivity index (χ4n) is 3.61. The van der Waals surface area contributed by atoms with Gasteiger partial charge in [0, 0.05) is 26.7 Å². The van der Waals surface area contributed by atoms with Gasteiger partial charge in [0.15, 0.2) is 0 Å². The summed E-state index contributed by atoms with van der Waals surface area (Å²) in [6.45, 7) is 8.64. The van der Waals surface area contributed by atoms with Gasteiger partial charge in [-0.3, -0.25) is 9.59 Å². The Kier molecular flexibility index (Phi) is 9.89. The van der Waals surface area contributed by atoms with Crippen LogP contribution in [0.15, 0.2) is 42.5 Å². The third-order valence-corrected chi connectivity index (χ3v) is 7.57. The highest BCUT2D eigenvalue weighted by Gasteiger charge is 2.33. The van der Waals surface area contributed by atoms with Crippen molar-refractivity contribution in [1.82, 2.24) is 14.5 Å². The first-order valence-corrected chi connectivity index (χ1v) is 13.2. The highest BCUT2D eigenvalue weighted by atomic mass is 32.2. The summed E-state index contributed by atoms with van der Waals surface area (Å²) < 4.78 is 34.0. The van der Waals surface area contributed by atoms with Gasteiger partial charge in [-0.25, -0.2) is 4.31 Å². The summed E-state index contributed by atoms with van der Waals surface area (Å²) in [6.07, 6.45) is 0. The minimum atomic E-state index is -4.00. The molecule has 0 aromatic heterocycles. The van der Waals surface area contributed by atoms with Crippen LogP contribution in [0.3, 0.4) is 0 Å². The zero-order valence-electron chi connectivity index (χ0n) is 22.4. The van der Waals surface area contributed by atoms with E-state index in [2.05, 4.69) is 5.32 Å². The lowest BCUT2D eigenvalue weighted by atomic mass is 10.1. The summed E-state index contributed by atoms with van der Waals surface area (Å²) in [5.74, 6) is -0.149. The van der Waals surface area contributed by atoms with E-state index in [1.54, 1.807) is 39.2 Å². The Balaban J connectivity index is 2.50. The van der Waals surface area contributed by atoms with Crippen LogP contribution in [-0.2, 0) is 26.3 Å². The Morgan fingerprint density at radius 1 is 1.00 bits per heavy atom. The monoisotopic (exact) mass is 518 g/mol. The summed E-state index contributed by atoms with van der Waals surface area (Å²) in [7, 11) is 0.406. The molecule has 0 spiro atoms. The molecule has 0 heterocycles. The van der Waals surface area contributed by atoms with Gasteiger partial charge >= 0.3 is 10.2 Å². The third kappa shape index (κ3) is 7.20. The van der Waals surface area contributed by atoms with Gasteiger partial charge in [-0.1, -0.05) is 24.3 Å². The van der Waals surface area contributed by atoms with E-state index < -0.39 is 28.7 Å². The number of nitrogens with zero attached hydrogens (tertiary/aromatic N) is 3. The highest BCUT2D eigenvalue weighted by molar-refractivity contribution is 7.90. The van der Waals surface area contributed by atoms with Crippen LogP contribution in [0.25, 0.3) is 0 Å². The Labute approximate surface area is 215 Å². The topological polar surface area (TPSA) is 99.3 Å². The van der Waals surface area contributed by atoms with E-state index in [-0.39, 0.29) is 18.5 Å². The number of rotatable bonds is 11. The molecule has 0 aliphatic heterocycles. The second-order valence-corrected chi connectivity index (χ2v) is 11.4. The maximum atomic E-state index is 13.7. The number of aryl methyl sites for hydroxylation is 2. The quantitative estimate of drug-likeness (QED) is 0.493. The molecule has 0 aliphatic rings. The molecule has 1 atom stereocenters. The minimum Gasteiger partial charge on any atom is -0.497 e. The number of carbonyl (C=O) groups excluding carboxylic acids is 2. The molecule has 2 aromatic carbocycles. The van der Waals surface area contributed by atoms with Crippen molar-refractivity contribution in [2.24, 2.45) is 0 Å². The maximum absolute atomic E-state index is 13.7. The van der Waals surface area contributed by atoms with Gasteiger partial charge in [0.05, 0.1) is 12.8 Å². The Bertz CT molecular complexity index is 1160. The molecule has 0 aliphatic carbocycles. The van der Waals surface area contributed by atoms with Gasteiger partial charge in [-0.15, -0.1) is 0 Å². The van der Waals surface area contributed by atoms with Crippen molar-refractivity contribution in [3.05, 3.63) is 59.2 Å². The Hall–Kier alpha value is -3.11. The number of carbonyl (C=O) groups is 2. The van der Waals surface area contributed by atoms with Crippen LogP contribution in [0.2, 0.25) is 0 Å². The molecule has 1 N–H and O–H groups in total. The van der Waals surface area contributed by atoms with E-state index in [4.69, 9.17) is 4.74 Å². The fraction of sp³-hybridized carbons (Fsp3) is 0.462. The molecule has 2 aromatic rings. The van der Waals surface area contributed by atoms with Crippen molar-refractivity contribution in [2.75, 3.05) is 32.1 Å². The number of methoxy groups -OCH3 is 1. The first-order chi connectivity index (χ1) is 16.8. The van der Waals surface area contributed by atoms with Crippen LogP contribution < -0.4 is 14.4 Å². The molecule has 0 unspecified atom stereocenters. The van der Waals surface area contributed by atoms with E-state index >= 15 is 0 Å². The number of hydrogen-bond donors (Lipinski definition) is 1. The standard InChI is InChI=1S/C26H38N4O5S/c1-18(2)27-26(32)21(5)29(16-22-11-13-23(35-8)14-12-22)25(31)17-30(36(33,34)28(6)7)24-15-19(3)9-10-20(24)4/h9-15,18,21H,16-17H2,1-8H3,(H,27,32)/t21-/m0/s1. The molecule has 2 amide bonds. The molecule has 0 saturated heterocycles. The molecule has 198 valence electrons. The lowest BCUT2D eigenvalue weighted by Gasteiger charge is -2.33. The summed E-state index contributed by atoms with van der Waals surface area (Å²) in [4.78, 5) is 28.0. The molecular weight excluding hydrogens is 480 g/mol. The fourth-order valence-corrected chi connectivity index (χ4v) is 4.72. The summed E-state index contributed by atoms with van der Waals surface area (Å²) in [6, 6.07) is 11.7. The number of hydrogen-bond acceptors (Lipinski definition) is 5. The highest BCUT2D eigenvalue weighted by Crippen LogP contribution is 2.26. The second kappa shape index (κ2) is 12.2. The van der Waals surface area contributed by atoms with Crippen molar-refractivity contribution in [3.63, 3.8) is 0 Å². The first-order valence-electron chi connectivity index (χ1n) is 11.8. The van der Waals surface area contributed by atoms with Crippen LogP contribution in [0.4, 0.5) is 5.69 Å². The number of benzene rings is 2. The lowest BCUT2D eigenvalue weighted by molar-refractivity contribution is -0.139. The van der Waals surface area contributed by atoms with Gasteiger partial charge in [0.25, 0.3) is 0 Å². The van der Waals surface area contributed by atoms with Gasteiger partial charge in [-0.05, 0) is 69.5 Å². The zero-order valence-corrected chi connectivity index (χ0v) is 23.2. The average molecular weight is 519 g/mol. The van der Waals surface area contributed by atoms with E-state index in [0.29, 0.717) is 17.0 Å². The van der Waals surface area contributed by atoms with Crippen molar-refractivity contribution in [2.45, 2.75) is 53.2 Å². The molecule has 2 rings (SSSR count). The number of nitrogens with one attached hydrogen (secondary N) is 1. The lowest BCUT2D eigenvalue weighted by Crippen LogP contribution is -2.53. The largest absolute Gasteiger partial charge is 0.497 e. The van der Waals surface area contributed by atoms with Crippen LogP contribution in [0, 0.1) is 13.8 Å². The van der Waals surface area contributed by atoms with E-state index in [9.17, 15) is 18.0 Å². The van der Waals surface area contributed by atoms with E-state index in [1.165, 1.54) is 19.0 Å². The predicted molar refractivity (Wildman–Crippen MR) is 142 cm³/mol. The zero-order chi connectivity index (χ0) is 27.2. The summed E-state index contributed by atoms with van der Waals surface area (Å²) in [5, 5.41) is 2.84.